The highest BCUT2D eigenvalue weighted by molar-refractivity contribution is 5.82. The molecule has 0 saturated heterocycles. The fourth-order valence-corrected chi connectivity index (χ4v) is 1.63. The van der Waals surface area contributed by atoms with E-state index in [-0.39, 0.29) is 11.5 Å². The van der Waals surface area contributed by atoms with Gasteiger partial charge in [-0.1, -0.05) is 32.9 Å². The van der Waals surface area contributed by atoms with E-state index in [0.29, 0.717) is 0 Å². The summed E-state index contributed by atoms with van der Waals surface area (Å²) in [6.07, 6.45) is 1.48. The number of rotatable bonds is 3. The van der Waals surface area contributed by atoms with Gasteiger partial charge in [0.15, 0.2) is 0 Å². The minimum Gasteiger partial charge on any atom is -0.490 e. The SMILES string of the molecule is CC(C)Oc1c(C=N)cccc1C(C)(C)C. The lowest BCUT2D eigenvalue weighted by Crippen LogP contribution is -2.17. The second-order valence-electron chi connectivity index (χ2n) is 5.28. The summed E-state index contributed by atoms with van der Waals surface area (Å²) in [4.78, 5) is 0. The molecule has 0 spiro atoms. The molecule has 1 aromatic rings. The summed E-state index contributed by atoms with van der Waals surface area (Å²) >= 11 is 0. The number of para-hydroxylation sites is 1. The van der Waals surface area contributed by atoms with E-state index >= 15 is 0 Å². The Morgan fingerprint density at radius 3 is 2.31 bits per heavy atom. The molecule has 0 aliphatic heterocycles. The summed E-state index contributed by atoms with van der Waals surface area (Å²) in [6.45, 7) is 10.5. The zero-order chi connectivity index (χ0) is 12.3. The lowest BCUT2D eigenvalue weighted by Gasteiger charge is -2.25. The van der Waals surface area contributed by atoms with E-state index in [1.54, 1.807) is 0 Å². The van der Waals surface area contributed by atoms with Crippen LogP contribution in [0.4, 0.5) is 0 Å². The molecule has 1 aromatic carbocycles. The molecule has 88 valence electrons. The third-order valence-corrected chi connectivity index (χ3v) is 2.36. The van der Waals surface area contributed by atoms with Crippen molar-refractivity contribution in [2.75, 3.05) is 0 Å². The number of hydrogen-bond acceptors (Lipinski definition) is 2. The van der Waals surface area contributed by atoms with E-state index in [9.17, 15) is 0 Å². The molecule has 0 aliphatic carbocycles. The van der Waals surface area contributed by atoms with Gasteiger partial charge in [0.2, 0.25) is 0 Å². The normalized spacial score (nSPS) is 11.6. The molecule has 0 atom stereocenters. The van der Waals surface area contributed by atoms with Crippen LogP contribution in [-0.4, -0.2) is 12.3 Å². The van der Waals surface area contributed by atoms with Gasteiger partial charge in [0.1, 0.15) is 5.75 Å². The van der Waals surface area contributed by atoms with Crippen LogP contribution in [0.2, 0.25) is 0 Å². The second kappa shape index (κ2) is 4.69. The highest BCUT2D eigenvalue weighted by Gasteiger charge is 2.21. The third kappa shape index (κ3) is 2.84. The van der Waals surface area contributed by atoms with E-state index in [2.05, 4.69) is 26.8 Å². The first-order chi connectivity index (χ1) is 7.36. The van der Waals surface area contributed by atoms with E-state index in [1.165, 1.54) is 6.21 Å². The molecular formula is C14H21NO. The molecule has 0 saturated carbocycles. The third-order valence-electron chi connectivity index (χ3n) is 2.36. The molecule has 2 nitrogen and oxygen atoms in total. The van der Waals surface area contributed by atoms with Gasteiger partial charge in [0.05, 0.1) is 6.10 Å². The molecule has 0 radical (unpaired) electrons. The Balaban J connectivity index is 3.31. The Morgan fingerprint density at radius 1 is 1.25 bits per heavy atom. The first-order valence-corrected chi connectivity index (χ1v) is 5.67. The highest BCUT2D eigenvalue weighted by atomic mass is 16.5. The van der Waals surface area contributed by atoms with Crippen LogP contribution in [0.25, 0.3) is 0 Å². The van der Waals surface area contributed by atoms with Gasteiger partial charge < -0.3 is 10.1 Å². The van der Waals surface area contributed by atoms with Gasteiger partial charge in [-0.2, -0.15) is 0 Å². The standard InChI is InChI=1S/C14H21NO/c1-10(2)16-13-11(9-15)7-6-8-12(13)14(3,4)5/h6-10,15H,1-5H3. The summed E-state index contributed by atoms with van der Waals surface area (Å²) in [7, 11) is 0. The second-order valence-corrected chi connectivity index (χ2v) is 5.28. The molecule has 2 heteroatoms. The van der Waals surface area contributed by atoms with E-state index < -0.39 is 0 Å². The summed E-state index contributed by atoms with van der Waals surface area (Å²) < 4.78 is 5.84. The average Bonchev–Trinajstić information content (AvgIpc) is 2.15. The van der Waals surface area contributed by atoms with Crippen LogP contribution in [0.3, 0.4) is 0 Å². The lowest BCUT2D eigenvalue weighted by molar-refractivity contribution is 0.236. The van der Waals surface area contributed by atoms with Crippen LogP contribution in [-0.2, 0) is 5.41 Å². The van der Waals surface area contributed by atoms with Gasteiger partial charge in [-0.05, 0) is 25.3 Å². The summed E-state index contributed by atoms with van der Waals surface area (Å²) in [6, 6.07) is 5.97. The minimum atomic E-state index is 0.0310. The molecule has 0 fully saturated rings. The number of hydrogen-bond donors (Lipinski definition) is 1. The maximum atomic E-state index is 7.43. The molecule has 0 unspecified atom stereocenters. The Kier molecular flexibility index (Phi) is 3.74. The smallest absolute Gasteiger partial charge is 0.132 e. The number of ether oxygens (including phenoxy) is 1. The number of benzene rings is 1. The Morgan fingerprint density at radius 2 is 1.88 bits per heavy atom. The zero-order valence-corrected chi connectivity index (χ0v) is 10.8. The molecule has 0 aromatic heterocycles. The Labute approximate surface area is 98.1 Å². The fourth-order valence-electron chi connectivity index (χ4n) is 1.63. The van der Waals surface area contributed by atoms with Crippen molar-refractivity contribution < 1.29 is 4.74 Å². The van der Waals surface area contributed by atoms with Crippen LogP contribution >= 0.6 is 0 Å². The predicted molar refractivity (Wildman–Crippen MR) is 68.8 cm³/mol. The largest absolute Gasteiger partial charge is 0.490 e. The summed E-state index contributed by atoms with van der Waals surface area (Å²) in [5.41, 5.74) is 2.03. The zero-order valence-electron chi connectivity index (χ0n) is 10.8. The number of nitrogens with one attached hydrogen (secondary N) is 1. The first-order valence-electron chi connectivity index (χ1n) is 5.67. The highest BCUT2D eigenvalue weighted by Crippen LogP contribution is 2.33. The molecule has 0 bridgehead atoms. The summed E-state index contributed by atoms with van der Waals surface area (Å²) in [5, 5.41) is 7.43. The van der Waals surface area contributed by atoms with Crippen LogP contribution < -0.4 is 4.74 Å². The first kappa shape index (κ1) is 12.8. The topological polar surface area (TPSA) is 33.1 Å². The molecule has 16 heavy (non-hydrogen) atoms. The lowest BCUT2D eigenvalue weighted by atomic mass is 9.85. The van der Waals surface area contributed by atoms with E-state index in [1.807, 2.05) is 26.0 Å². The summed E-state index contributed by atoms with van der Waals surface area (Å²) in [5.74, 6) is 0.847. The Hall–Kier alpha value is -1.31. The van der Waals surface area contributed by atoms with Gasteiger partial charge in [0, 0.05) is 17.3 Å². The van der Waals surface area contributed by atoms with Gasteiger partial charge in [-0.3, -0.25) is 0 Å². The quantitative estimate of drug-likeness (QED) is 0.771. The molecular weight excluding hydrogens is 198 g/mol. The van der Waals surface area contributed by atoms with Crippen molar-refractivity contribution in [3.05, 3.63) is 29.3 Å². The van der Waals surface area contributed by atoms with Crippen LogP contribution in [0.5, 0.6) is 5.75 Å². The molecule has 1 rings (SSSR count). The Bertz CT molecular complexity index is 375. The average molecular weight is 219 g/mol. The van der Waals surface area contributed by atoms with Gasteiger partial charge in [0.25, 0.3) is 0 Å². The fraction of sp³-hybridized carbons (Fsp3) is 0.500. The molecule has 0 aliphatic rings. The maximum Gasteiger partial charge on any atom is 0.132 e. The van der Waals surface area contributed by atoms with Crippen molar-refractivity contribution in [1.29, 1.82) is 5.41 Å². The van der Waals surface area contributed by atoms with Crippen molar-refractivity contribution >= 4 is 6.21 Å². The van der Waals surface area contributed by atoms with Crippen molar-refractivity contribution in [2.45, 2.75) is 46.1 Å². The predicted octanol–water partition coefficient (Wildman–Crippen LogP) is 3.77. The van der Waals surface area contributed by atoms with Crippen LogP contribution in [0.15, 0.2) is 18.2 Å². The van der Waals surface area contributed by atoms with Gasteiger partial charge in [-0.15, -0.1) is 0 Å². The van der Waals surface area contributed by atoms with Crippen molar-refractivity contribution in [3.8, 4) is 5.75 Å². The molecule has 0 amide bonds. The molecule has 1 N–H and O–H groups in total. The maximum absolute atomic E-state index is 7.43. The minimum absolute atomic E-state index is 0.0310. The van der Waals surface area contributed by atoms with Gasteiger partial charge in [-0.25, -0.2) is 0 Å². The van der Waals surface area contributed by atoms with Crippen molar-refractivity contribution in [2.24, 2.45) is 0 Å². The molecule has 0 heterocycles. The van der Waals surface area contributed by atoms with Gasteiger partial charge >= 0.3 is 0 Å². The van der Waals surface area contributed by atoms with Crippen molar-refractivity contribution in [1.82, 2.24) is 0 Å². The van der Waals surface area contributed by atoms with Crippen LogP contribution in [0, 0.1) is 5.41 Å². The van der Waals surface area contributed by atoms with Crippen LogP contribution in [0.1, 0.15) is 45.7 Å². The van der Waals surface area contributed by atoms with E-state index in [0.717, 1.165) is 16.9 Å². The monoisotopic (exact) mass is 219 g/mol. The van der Waals surface area contributed by atoms with Crippen molar-refractivity contribution in [3.63, 3.8) is 0 Å². The van der Waals surface area contributed by atoms with E-state index in [4.69, 9.17) is 10.1 Å².